The number of hydrogen-bond acceptors (Lipinski definition) is 4. The Morgan fingerprint density at radius 1 is 1.29 bits per heavy atom. The summed E-state index contributed by atoms with van der Waals surface area (Å²) in [5.74, 6) is 0.786. The monoisotopic (exact) mass is 336 g/mol. The van der Waals surface area contributed by atoms with Gasteiger partial charge in [0.1, 0.15) is 12.1 Å². The maximum atomic E-state index is 8.58. The van der Waals surface area contributed by atoms with E-state index in [-0.39, 0.29) is 0 Å². The van der Waals surface area contributed by atoms with Gasteiger partial charge in [-0.2, -0.15) is 5.26 Å². The largest absolute Gasteiger partial charge is 0.339 e. The lowest BCUT2D eigenvalue weighted by atomic mass is 10.1. The van der Waals surface area contributed by atoms with Crippen LogP contribution in [-0.2, 0) is 6.42 Å². The van der Waals surface area contributed by atoms with E-state index in [1.54, 1.807) is 6.20 Å². The van der Waals surface area contributed by atoms with Crippen molar-refractivity contribution in [3.05, 3.63) is 45.9 Å². The average molecular weight is 336 g/mol. The third-order valence-corrected chi connectivity index (χ3v) is 2.96. The van der Waals surface area contributed by atoms with Gasteiger partial charge in [-0.3, -0.25) is 0 Å². The van der Waals surface area contributed by atoms with E-state index in [2.05, 4.69) is 43.9 Å². The van der Waals surface area contributed by atoms with Crippen molar-refractivity contribution in [2.75, 3.05) is 5.32 Å². The lowest BCUT2D eigenvalue weighted by Gasteiger charge is -2.06. The van der Waals surface area contributed by atoms with Gasteiger partial charge in [0.15, 0.2) is 0 Å². The summed E-state index contributed by atoms with van der Waals surface area (Å²) in [7, 11) is 0. The maximum Gasteiger partial charge on any atom is 0.147 e. The molecule has 0 aliphatic rings. The minimum atomic E-state index is 0.436. The van der Waals surface area contributed by atoms with E-state index >= 15 is 0 Å². The first-order valence-corrected chi connectivity index (χ1v) is 6.06. The predicted octanol–water partition coefficient (Wildman–Crippen LogP) is 2.89. The Hall–Kier alpha value is -1.68. The molecule has 0 unspecified atom stereocenters. The topological polar surface area (TPSA) is 61.6 Å². The smallest absolute Gasteiger partial charge is 0.147 e. The Morgan fingerprint density at radius 3 is 2.71 bits per heavy atom. The Kier molecular flexibility index (Phi) is 3.88. The van der Waals surface area contributed by atoms with Crippen LogP contribution in [0.25, 0.3) is 0 Å². The number of halogens is 1. The van der Waals surface area contributed by atoms with E-state index in [9.17, 15) is 0 Å². The highest BCUT2D eigenvalue weighted by Gasteiger charge is 2.01. The fourth-order valence-electron chi connectivity index (χ4n) is 1.34. The molecule has 1 N–H and O–H groups in total. The molecule has 2 rings (SSSR count). The fraction of sp³-hybridized carbons (Fsp3) is 0.0833. The molecule has 0 bridgehead atoms. The Morgan fingerprint density at radius 2 is 2.06 bits per heavy atom. The second-order valence-corrected chi connectivity index (χ2v) is 4.54. The lowest BCUT2D eigenvalue weighted by Crippen LogP contribution is -1.96. The van der Waals surface area contributed by atoms with Crippen LogP contribution in [0, 0.1) is 14.9 Å². The number of nitrogens with one attached hydrogen (secondary N) is 1. The van der Waals surface area contributed by atoms with Gasteiger partial charge in [-0.25, -0.2) is 9.97 Å². The molecule has 0 aliphatic heterocycles. The SMILES string of the molecule is N#CCc1ccc(Nc2ncncc2I)cc1. The van der Waals surface area contributed by atoms with Crippen LogP contribution in [0.2, 0.25) is 0 Å². The first-order chi connectivity index (χ1) is 8.29. The second-order valence-electron chi connectivity index (χ2n) is 3.38. The van der Waals surface area contributed by atoms with Crippen molar-refractivity contribution in [1.29, 1.82) is 5.26 Å². The molecule has 2 aromatic rings. The van der Waals surface area contributed by atoms with E-state index < -0.39 is 0 Å². The minimum Gasteiger partial charge on any atom is -0.339 e. The fourth-order valence-corrected chi connectivity index (χ4v) is 1.77. The Bertz CT molecular complexity index is 545. The van der Waals surface area contributed by atoms with Crippen LogP contribution in [0.3, 0.4) is 0 Å². The highest BCUT2D eigenvalue weighted by molar-refractivity contribution is 14.1. The van der Waals surface area contributed by atoms with Crippen LogP contribution in [0.4, 0.5) is 11.5 Å². The zero-order valence-electron chi connectivity index (χ0n) is 8.89. The highest BCUT2D eigenvalue weighted by Crippen LogP contribution is 2.19. The van der Waals surface area contributed by atoms with Gasteiger partial charge >= 0.3 is 0 Å². The van der Waals surface area contributed by atoms with Crippen LogP contribution >= 0.6 is 22.6 Å². The van der Waals surface area contributed by atoms with E-state index in [1.165, 1.54) is 6.33 Å². The summed E-state index contributed by atoms with van der Waals surface area (Å²) in [6.07, 6.45) is 3.69. The summed E-state index contributed by atoms with van der Waals surface area (Å²) >= 11 is 2.18. The molecule has 5 heteroatoms. The molecule has 0 radical (unpaired) electrons. The number of rotatable bonds is 3. The van der Waals surface area contributed by atoms with Gasteiger partial charge in [0.25, 0.3) is 0 Å². The zero-order valence-corrected chi connectivity index (χ0v) is 11.0. The van der Waals surface area contributed by atoms with Gasteiger partial charge in [0.2, 0.25) is 0 Å². The summed E-state index contributed by atoms with van der Waals surface area (Å²) in [6, 6.07) is 9.85. The van der Waals surface area contributed by atoms with Crippen molar-refractivity contribution in [2.45, 2.75) is 6.42 Å². The van der Waals surface area contributed by atoms with Crippen LogP contribution in [0.1, 0.15) is 5.56 Å². The zero-order chi connectivity index (χ0) is 12.1. The molecule has 0 amide bonds. The van der Waals surface area contributed by atoms with Crippen molar-refractivity contribution < 1.29 is 0 Å². The van der Waals surface area contributed by atoms with Gasteiger partial charge in [-0.1, -0.05) is 12.1 Å². The molecule has 84 valence electrons. The van der Waals surface area contributed by atoms with Gasteiger partial charge in [0, 0.05) is 11.9 Å². The van der Waals surface area contributed by atoms with Crippen molar-refractivity contribution >= 4 is 34.1 Å². The minimum absolute atomic E-state index is 0.436. The van der Waals surface area contributed by atoms with Crippen LogP contribution in [0.15, 0.2) is 36.8 Å². The number of hydrogen-bond donors (Lipinski definition) is 1. The molecular formula is C12H9IN4. The van der Waals surface area contributed by atoms with Gasteiger partial charge < -0.3 is 5.32 Å². The van der Waals surface area contributed by atoms with Crippen molar-refractivity contribution in [3.8, 4) is 6.07 Å². The highest BCUT2D eigenvalue weighted by atomic mass is 127. The van der Waals surface area contributed by atoms with Crippen molar-refractivity contribution in [2.24, 2.45) is 0 Å². The number of nitrogens with zero attached hydrogens (tertiary/aromatic N) is 3. The molecule has 1 aromatic carbocycles. The number of benzene rings is 1. The first-order valence-electron chi connectivity index (χ1n) is 4.98. The third kappa shape index (κ3) is 3.14. The quantitative estimate of drug-likeness (QED) is 0.876. The Labute approximate surface area is 113 Å². The summed E-state index contributed by atoms with van der Waals surface area (Å²) in [6.45, 7) is 0. The van der Waals surface area contributed by atoms with Gasteiger partial charge in [-0.15, -0.1) is 0 Å². The molecule has 0 saturated carbocycles. The predicted molar refractivity (Wildman–Crippen MR) is 73.8 cm³/mol. The van der Waals surface area contributed by atoms with Crippen LogP contribution < -0.4 is 5.32 Å². The van der Waals surface area contributed by atoms with E-state index in [4.69, 9.17) is 5.26 Å². The molecule has 0 fully saturated rings. The molecule has 0 spiro atoms. The Balaban J connectivity index is 2.15. The number of aromatic nitrogens is 2. The van der Waals surface area contributed by atoms with Crippen LogP contribution in [0.5, 0.6) is 0 Å². The van der Waals surface area contributed by atoms with Gasteiger partial charge in [-0.05, 0) is 40.3 Å². The molecule has 1 heterocycles. The van der Waals surface area contributed by atoms with Crippen molar-refractivity contribution in [3.63, 3.8) is 0 Å². The average Bonchev–Trinajstić information content (AvgIpc) is 2.35. The van der Waals surface area contributed by atoms with Crippen LogP contribution in [-0.4, -0.2) is 9.97 Å². The summed E-state index contributed by atoms with van der Waals surface area (Å²) in [4.78, 5) is 8.08. The van der Waals surface area contributed by atoms with Crippen molar-refractivity contribution in [1.82, 2.24) is 9.97 Å². The molecule has 0 atom stereocenters. The molecule has 0 aliphatic carbocycles. The van der Waals surface area contributed by atoms with E-state index in [1.807, 2.05) is 24.3 Å². The standard InChI is InChI=1S/C12H9IN4/c13-11-7-15-8-16-12(11)17-10-3-1-9(2-4-10)5-6-14/h1-4,7-8H,5H2,(H,15,16,17). The number of anilines is 2. The maximum absolute atomic E-state index is 8.58. The lowest BCUT2D eigenvalue weighted by molar-refractivity contribution is 1.15. The molecular weight excluding hydrogens is 327 g/mol. The van der Waals surface area contributed by atoms with E-state index in [0.29, 0.717) is 6.42 Å². The summed E-state index contributed by atoms with van der Waals surface area (Å²) in [5.41, 5.74) is 1.96. The number of nitriles is 1. The summed E-state index contributed by atoms with van der Waals surface area (Å²) in [5, 5.41) is 11.8. The first kappa shape index (κ1) is 11.8. The van der Waals surface area contributed by atoms with E-state index in [0.717, 1.165) is 20.6 Å². The molecule has 4 nitrogen and oxygen atoms in total. The summed E-state index contributed by atoms with van der Waals surface area (Å²) < 4.78 is 0.964. The molecule has 1 aromatic heterocycles. The van der Waals surface area contributed by atoms with Gasteiger partial charge in [0.05, 0.1) is 16.1 Å². The second kappa shape index (κ2) is 5.59. The molecule has 17 heavy (non-hydrogen) atoms. The normalized spacial score (nSPS) is 9.65. The molecule has 0 saturated heterocycles. The third-order valence-electron chi connectivity index (χ3n) is 2.17.